The number of nitrogens with zero attached hydrogens (tertiary/aromatic N) is 1. The number of amides is 1. The van der Waals surface area contributed by atoms with Crippen LogP contribution in [0.4, 0.5) is 5.69 Å². The van der Waals surface area contributed by atoms with Gasteiger partial charge in [-0.25, -0.2) is 0 Å². The predicted octanol–water partition coefficient (Wildman–Crippen LogP) is 3.17. The summed E-state index contributed by atoms with van der Waals surface area (Å²) in [5.41, 5.74) is 4.26. The first kappa shape index (κ1) is 14.8. The van der Waals surface area contributed by atoms with E-state index in [1.54, 1.807) is 0 Å². The van der Waals surface area contributed by atoms with E-state index >= 15 is 0 Å². The maximum absolute atomic E-state index is 12.5. The molecule has 1 aromatic heterocycles. The Kier molecular flexibility index (Phi) is 4.24. The standard InChI is InChI=1S/C17H21N3O2/c1-11-16(12(2)20-19-11)18-17(21)14-6-3-5-13(9-14)15-7-4-8-22-10-15/h3,5-6,9,15H,4,7-8,10H2,1-2H3,(H,18,21)(H,19,20). The SMILES string of the molecule is Cc1n[nH]c(C)c1NC(=O)c1cccc(C2CCCOC2)c1. The molecule has 1 unspecified atom stereocenters. The molecular weight excluding hydrogens is 278 g/mol. The molecule has 3 rings (SSSR count). The molecule has 1 aliphatic rings. The summed E-state index contributed by atoms with van der Waals surface area (Å²) < 4.78 is 5.54. The van der Waals surface area contributed by atoms with Crippen LogP contribution in [0.15, 0.2) is 24.3 Å². The number of ether oxygens (including phenoxy) is 1. The van der Waals surface area contributed by atoms with E-state index in [9.17, 15) is 4.79 Å². The lowest BCUT2D eigenvalue weighted by Crippen LogP contribution is -2.17. The predicted molar refractivity (Wildman–Crippen MR) is 85.3 cm³/mol. The Labute approximate surface area is 130 Å². The Hall–Kier alpha value is -2.14. The first-order chi connectivity index (χ1) is 10.6. The van der Waals surface area contributed by atoms with Crippen LogP contribution in [0.3, 0.4) is 0 Å². The number of carbonyl (C=O) groups excluding carboxylic acids is 1. The van der Waals surface area contributed by atoms with Crippen molar-refractivity contribution < 1.29 is 9.53 Å². The maximum atomic E-state index is 12.5. The summed E-state index contributed by atoms with van der Waals surface area (Å²) in [6.07, 6.45) is 2.19. The summed E-state index contributed by atoms with van der Waals surface area (Å²) in [5, 5.41) is 9.91. The van der Waals surface area contributed by atoms with Gasteiger partial charge in [0.1, 0.15) is 0 Å². The summed E-state index contributed by atoms with van der Waals surface area (Å²) >= 11 is 0. The first-order valence-electron chi connectivity index (χ1n) is 7.66. The molecule has 0 spiro atoms. The lowest BCUT2D eigenvalue weighted by Gasteiger charge is -2.22. The van der Waals surface area contributed by atoms with Crippen molar-refractivity contribution in [3.8, 4) is 0 Å². The minimum Gasteiger partial charge on any atom is -0.381 e. The second kappa shape index (κ2) is 6.32. The Morgan fingerprint density at radius 3 is 2.95 bits per heavy atom. The average Bonchev–Trinajstić information content (AvgIpc) is 2.88. The Bertz CT molecular complexity index is 653. The van der Waals surface area contributed by atoms with Crippen molar-refractivity contribution in [1.82, 2.24) is 10.2 Å². The molecule has 5 nitrogen and oxygen atoms in total. The van der Waals surface area contributed by atoms with Gasteiger partial charge < -0.3 is 10.1 Å². The number of hydrogen-bond donors (Lipinski definition) is 2. The van der Waals surface area contributed by atoms with Gasteiger partial charge in [-0.3, -0.25) is 9.89 Å². The molecule has 5 heteroatoms. The topological polar surface area (TPSA) is 67.0 Å². The van der Waals surface area contributed by atoms with E-state index in [0.29, 0.717) is 11.5 Å². The molecule has 0 radical (unpaired) electrons. The smallest absolute Gasteiger partial charge is 0.255 e. The number of hydrogen-bond acceptors (Lipinski definition) is 3. The zero-order chi connectivity index (χ0) is 15.5. The van der Waals surface area contributed by atoms with Crippen LogP contribution in [0, 0.1) is 13.8 Å². The molecule has 0 saturated carbocycles. The fourth-order valence-corrected chi connectivity index (χ4v) is 2.86. The molecule has 1 atom stereocenters. The van der Waals surface area contributed by atoms with Gasteiger partial charge >= 0.3 is 0 Å². The summed E-state index contributed by atoms with van der Waals surface area (Å²) in [4.78, 5) is 12.5. The number of nitrogens with one attached hydrogen (secondary N) is 2. The van der Waals surface area contributed by atoms with Crippen LogP contribution >= 0.6 is 0 Å². The second-order valence-corrected chi connectivity index (χ2v) is 5.80. The zero-order valence-electron chi connectivity index (χ0n) is 13.0. The van der Waals surface area contributed by atoms with Gasteiger partial charge in [0.05, 0.1) is 23.7 Å². The van der Waals surface area contributed by atoms with Gasteiger partial charge in [-0.1, -0.05) is 12.1 Å². The van der Waals surface area contributed by atoms with E-state index in [-0.39, 0.29) is 5.91 Å². The highest BCUT2D eigenvalue weighted by atomic mass is 16.5. The van der Waals surface area contributed by atoms with Crippen LogP contribution in [-0.4, -0.2) is 29.3 Å². The van der Waals surface area contributed by atoms with Crippen molar-refractivity contribution in [2.45, 2.75) is 32.6 Å². The molecule has 116 valence electrons. The van der Waals surface area contributed by atoms with Gasteiger partial charge in [0.15, 0.2) is 0 Å². The third-order valence-corrected chi connectivity index (χ3v) is 4.15. The number of anilines is 1. The van der Waals surface area contributed by atoms with Crippen molar-refractivity contribution in [3.63, 3.8) is 0 Å². The van der Waals surface area contributed by atoms with Gasteiger partial charge in [0, 0.05) is 18.1 Å². The van der Waals surface area contributed by atoms with Gasteiger partial charge in [-0.15, -0.1) is 0 Å². The number of aromatic nitrogens is 2. The first-order valence-corrected chi connectivity index (χ1v) is 7.66. The Morgan fingerprint density at radius 1 is 1.41 bits per heavy atom. The molecule has 0 aliphatic carbocycles. The number of carbonyl (C=O) groups is 1. The van der Waals surface area contributed by atoms with Crippen molar-refractivity contribution in [2.24, 2.45) is 0 Å². The molecule has 1 saturated heterocycles. The summed E-state index contributed by atoms with van der Waals surface area (Å²) in [6, 6.07) is 7.82. The fraction of sp³-hybridized carbons (Fsp3) is 0.412. The Balaban J connectivity index is 1.78. The van der Waals surface area contributed by atoms with Crippen molar-refractivity contribution in [2.75, 3.05) is 18.5 Å². The third kappa shape index (κ3) is 3.04. The van der Waals surface area contributed by atoms with Gasteiger partial charge in [0.2, 0.25) is 0 Å². The second-order valence-electron chi connectivity index (χ2n) is 5.80. The van der Waals surface area contributed by atoms with Crippen LogP contribution in [0.5, 0.6) is 0 Å². The number of aromatic amines is 1. The largest absolute Gasteiger partial charge is 0.381 e. The van der Waals surface area contributed by atoms with E-state index in [4.69, 9.17) is 4.74 Å². The summed E-state index contributed by atoms with van der Waals surface area (Å²) in [5.74, 6) is 0.282. The van der Waals surface area contributed by atoms with E-state index in [1.165, 1.54) is 5.56 Å². The molecule has 1 aliphatic heterocycles. The minimum absolute atomic E-state index is 0.105. The number of H-pyrrole nitrogens is 1. The molecule has 2 heterocycles. The summed E-state index contributed by atoms with van der Waals surface area (Å²) in [6.45, 7) is 5.35. The highest BCUT2D eigenvalue weighted by molar-refractivity contribution is 6.04. The molecule has 2 N–H and O–H groups in total. The number of aryl methyl sites for hydroxylation is 2. The molecule has 2 aromatic rings. The van der Waals surface area contributed by atoms with Gasteiger partial charge in [-0.2, -0.15) is 5.10 Å². The van der Waals surface area contributed by atoms with Crippen LogP contribution in [-0.2, 0) is 4.74 Å². The van der Waals surface area contributed by atoms with Crippen LogP contribution in [0.2, 0.25) is 0 Å². The fourth-order valence-electron chi connectivity index (χ4n) is 2.86. The van der Waals surface area contributed by atoms with E-state index in [0.717, 1.165) is 43.1 Å². The minimum atomic E-state index is -0.105. The molecule has 0 bridgehead atoms. The lowest BCUT2D eigenvalue weighted by molar-refractivity contribution is 0.0803. The average molecular weight is 299 g/mol. The monoisotopic (exact) mass is 299 g/mol. The maximum Gasteiger partial charge on any atom is 0.255 e. The van der Waals surface area contributed by atoms with E-state index < -0.39 is 0 Å². The third-order valence-electron chi connectivity index (χ3n) is 4.15. The normalized spacial score (nSPS) is 18.2. The highest BCUT2D eigenvalue weighted by Gasteiger charge is 2.18. The highest BCUT2D eigenvalue weighted by Crippen LogP contribution is 2.26. The van der Waals surface area contributed by atoms with Gasteiger partial charge in [-0.05, 0) is 44.4 Å². The van der Waals surface area contributed by atoms with Crippen LogP contribution in [0.1, 0.15) is 46.1 Å². The number of benzene rings is 1. The van der Waals surface area contributed by atoms with Crippen molar-refractivity contribution >= 4 is 11.6 Å². The van der Waals surface area contributed by atoms with Crippen LogP contribution < -0.4 is 5.32 Å². The van der Waals surface area contributed by atoms with Crippen molar-refractivity contribution in [1.29, 1.82) is 0 Å². The molecule has 1 amide bonds. The Morgan fingerprint density at radius 2 is 2.27 bits per heavy atom. The molecule has 1 fully saturated rings. The van der Waals surface area contributed by atoms with Crippen LogP contribution in [0.25, 0.3) is 0 Å². The number of rotatable bonds is 3. The zero-order valence-corrected chi connectivity index (χ0v) is 13.0. The molecule has 1 aromatic carbocycles. The molecule has 22 heavy (non-hydrogen) atoms. The molecular formula is C17H21N3O2. The lowest BCUT2D eigenvalue weighted by atomic mass is 9.92. The van der Waals surface area contributed by atoms with Crippen molar-refractivity contribution in [3.05, 3.63) is 46.8 Å². The van der Waals surface area contributed by atoms with E-state index in [1.807, 2.05) is 32.0 Å². The van der Waals surface area contributed by atoms with Gasteiger partial charge in [0.25, 0.3) is 5.91 Å². The quantitative estimate of drug-likeness (QED) is 0.914. The summed E-state index contributed by atoms with van der Waals surface area (Å²) in [7, 11) is 0. The van der Waals surface area contributed by atoms with E-state index in [2.05, 4.69) is 21.6 Å².